The number of hydrogen-bond donors (Lipinski definition) is 2. The lowest BCUT2D eigenvalue weighted by Gasteiger charge is -2.63. The van der Waals surface area contributed by atoms with Gasteiger partial charge < -0.3 is 16.4 Å². The van der Waals surface area contributed by atoms with Gasteiger partial charge in [0.15, 0.2) is 0 Å². The molecule has 0 unspecified atom stereocenters. The molecule has 0 bridgehead atoms. The van der Waals surface area contributed by atoms with E-state index in [1.165, 1.54) is 12.8 Å². The molecule has 1 aliphatic carbocycles. The molecule has 2 rings (SSSR count). The van der Waals surface area contributed by atoms with Gasteiger partial charge in [0.05, 0.1) is 0 Å². The van der Waals surface area contributed by atoms with E-state index in [1.54, 1.807) is 6.92 Å². The smallest absolute Gasteiger partial charge is 0.219 e. The Kier molecular flexibility index (Phi) is 3.45. The van der Waals surface area contributed by atoms with Crippen molar-refractivity contribution in [3.05, 3.63) is 0 Å². The lowest BCUT2D eigenvalue weighted by Crippen LogP contribution is -2.80. The van der Waals surface area contributed by atoms with Crippen molar-refractivity contribution >= 4 is 5.91 Å². The fourth-order valence-corrected chi connectivity index (χ4v) is 4.24. The van der Waals surface area contributed by atoms with E-state index in [1.807, 2.05) is 4.90 Å². The van der Waals surface area contributed by atoms with Crippen molar-refractivity contribution in [2.24, 2.45) is 23.3 Å². The maximum Gasteiger partial charge on any atom is 0.219 e. The summed E-state index contributed by atoms with van der Waals surface area (Å²) in [6, 6.07) is 0. The van der Waals surface area contributed by atoms with Gasteiger partial charge in [0.25, 0.3) is 0 Å². The topological polar surface area (TPSA) is 72.3 Å². The minimum absolute atomic E-state index is 0.127. The molecule has 2 fully saturated rings. The molecule has 1 aliphatic heterocycles. The molecule has 1 amide bonds. The first-order chi connectivity index (χ1) is 8.40. The zero-order valence-electron chi connectivity index (χ0n) is 11.9. The van der Waals surface area contributed by atoms with Gasteiger partial charge in [0, 0.05) is 37.0 Å². The van der Waals surface area contributed by atoms with Crippen LogP contribution in [0.3, 0.4) is 0 Å². The van der Waals surface area contributed by atoms with Gasteiger partial charge in [-0.25, -0.2) is 0 Å². The number of carbonyl (C=O) groups is 1. The first-order valence-electron chi connectivity index (χ1n) is 7.23. The van der Waals surface area contributed by atoms with Gasteiger partial charge >= 0.3 is 0 Å². The predicted octanol–water partition coefficient (Wildman–Crippen LogP) is 1.09. The molecule has 104 valence electrons. The highest BCUT2D eigenvalue weighted by Gasteiger charge is 2.69. The molecule has 18 heavy (non-hydrogen) atoms. The molecule has 1 saturated carbocycles. The maximum absolute atomic E-state index is 11.6. The van der Waals surface area contributed by atoms with Crippen molar-refractivity contribution in [2.75, 3.05) is 13.1 Å². The van der Waals surface area contributed by atoms with Crippen molar-refractivity contribution in [2.45, 2.75) is 57.5 Å². The molecule has 4 atom stereocenters. The number of amides is 1. The lowest BCUT2D eigenvalue weighted by molar-refractivity contribution is -0.128. The van der Waals surface area contributed by atoms with Crippen molar-refractivity contribution < 1.29 is 4.79 Å². The number of hydrogen-bond acceptors (Lipinski definition) is 3. The van der Waals surface area contributed by atoms with Gasteiger partial charge in [-0.05, 0) is 18.8 Å². The minimum Gasteiger partial charge on any atom is -0.341 e. The molecule has 0 aromatic rings. The average Bonchev–Trinajstić information content (AvgIpc) is 2.65. The van der Waals surface area contributed by atoms with Crippen molar-refractivity contribution in [3.63, 3.8) is 0 Å². The third-order valence-corrected chi connectivity index (χ3v) is 5.37. The highest BCUT2D eigenvalue weighted by molar-refractivity contribution is 5.74. The Hall–Kier alpha value is -0.610. The van der Waals surface area contributed by atoms with Gasteiger partial charge in [0.1, 0.15) is 0 Å². The Labute approximate surface area is 110 Å². The van der Waals surface area contributed by atoms with Crippen LogP contribution in [0.2, 0.25) is 0 Å². The Bertz CT molecular complexity index is 346. The van der Waals surface area contributed by atoms with E-state index in [9.17, 15) is 4.79 Å². The summed E-state index contributed by atoms with van der Waals surface area (Å²) < 4.78 is 0. The van der Waals surface area contributed by atoms with Gasteiger partial charge in [-0.2, -0.15) is 0 Å². The largest absolute Gasteiger partial charge is 0.341 e. The molecule has 2 aliphatic rings. The van der Waals surface area contributed by atoms with Crippen LogP contribution in [0.15, 0.2) is 0 Å². The van der Waals surface area contributed by atoms with Gasteiger partial charge in [-0.15, -0.1) is 0 Å². The average molecular weight is 253 g/mol. The second kappa shape index (κ2) is 4.49. The van der Waals surface area contributed by atoms with Crippen LogP contribution in [-0.4, -0.2) is 35.0 Å². The summed E-state index contributed by atoms with van der Waals surface area (Å²) >= 11 is 0. The first-order valence-corrected chi connectivity index (χ1v) is 7.23. The Morgan fingerprint density at radius 1 is 1.39 bits per heavy atom. The van der Waals surface area contributed by atoms with Crippen LogP contribution in [0, 0.1) is 11.8 Å². The molecule has 0 aromatic carbocycles. The number of carbonyl (C=O) groups excluding carboxylic acids is 1. The van der Waals surface area contributed by atoms with Crippen molar-refractivity contribution in [3.8, 4) is 0 Å². The molecule has 4 N–H and O–H groups in total. The zero-order valence-corrected chi connectivity index (χ0v) is 11.9. The lowest BCUT2D eigenvalue weighted by atomic mass is 9.47. The Morgan fingerprint density at radius 2 is 2.06 bits per heavy atom. The third kappa shape index (κ3) is 1.69. The highest BCUT2D eigenvalue weighted by atomic mass is 16.2. The number of fused-ring (bicyclic) bond motifs is 1. The summed E-state index contributed by atoms with van der Waals surface area (Å²) in [6.07, 6.45) is 4.40. The predicted molar refractivity (Wildman–Crippen MR) is 72.9 cm³/mol. The van der Waals surface area contributed by atoms with E-state index in [2.05, 4.69) is 13.8 Å². The van der Waals surface area contributed by atoms with Gasteiger partial charge in [-0.1, -0.05) is 26.7 Å². The van der Waals surface area contributed by atoms with E-state index >= 15 is 0 Å². The second-order valence-corrected chi connectivity index (χ2v) is 6.23. The van der Waals surface area contributed by atoms with Crippen LogP contribution < -0.4 is 11.5 Å². The fourth-order valence-electron chi connectivity index (χ4n) is 4.24. The standard InChI is InChI=1S/C14H27N3O/c1-4-6-7-11-13(15,5-2)12-8-17(10(3)18)9-14(11,12)16/h11-12H,4-9,15-16H2,1-3H3/t11-,12-,13-,14-/m1/s1. The van der Waals surface area contributed by atoms with E-state index in [0.29, 0.717) is 12.5 Å². The molecule has 4 heteroatoms. The number of rotatable bonds is 4. The van der Waals surface area contributed by atoms with Crippen LogP contribution in [-0.2, 0) is 4.79 Å². The van der Waals surface area contributed by atoms with Crippen LogP contribution in [0.1, 0.15) is 46.5 Å². The maximum atomic E-state index is 11.6. The molecular formula is C14H27N3O. The van der Waals surface area contributed by atoms with Crippen LogP contribution in [0.4, 0.5) is 0 Å². The quantitative estimate of drug-likeness (QED) is 0.787. The number of unbranched alkanes of at least 4 members (excludes halogenated alkanes) is 1. The third-order valence-electron chi connectivity index (χ3n) is 5.37. The molecule has 0 radical (unpaired) electrons. The van der Waals surface area contributed by atoms with E-state index in [0.717, 1.165) is 19.4 Å². The van der Waals surface area contributed by atoms with Gasteiger partial charge in [-0.3, -0.25) is 4.79 Å². The molecule has 0 aromatic heterocycles. The Balaban J connectivity index is 2.18. The molecular weight excluding hydrogens is 226 g/mol. The number of nitrogens with zero attached hydrogens (tertiary/aromatic N) is 1. The van der Waals surface area contributed by atoms with E-state index in [4.69, 9.17) is 11.5 Å². The highest BCUT2D eigenvalue weighted by Crippen LogP contribution is 2.56. The summed E-state index contributed by atoms with van der Waals surface area (Å²) in [5, 5.41) is 0. The van der Waals surface area contributed by atoms with E-state index < -0.39 is 0 Å². The fraction of sp³-hybridized carbons (Fsp3) is 0.929. The van der Waals surface area contributed by atoms with E-state index in [-0.39, 0.29) is 22.9 Å². The van der Waals surface area contributed by atoms with Crippen LogP contribution in [0.25, 0.3) is 0 Å². The first kappa shape index (κ1) is 13.8. The normalized spacial score (nSPS) is 42.6. The summed E-state index contributed by atoms with van der Waals surface area (Å²) in [7, 11) is 0. The SMILES string of the molecule is CCCC[C@@H]1[C@](N)(CC)[C@H]2CN(C(C)=O)C[C@@]12N. The van der Waals surface area contributed by atoms with Crippen molar-refractivity contribution in [1.82, 2.24) is 4.90 Å². The number of nitrogens with two attached hydrogens (primary N) is 2. The molecule has 4 nitrogen and oxygen atoms in total. The van der Waals surface area contributed by atoms with Crippen LogP contribution in [0.5, 0.6) is 0 Å². The zero-order chi connectivity index (χ0) is 13.6. The summed E-state index contributed by atoms with van der Waals surface area (Å²) in [4.78, 5) is 13.4. The minimum atomic E-state index is -0.231. The van der Waals surface area contributed by atoms with Gasteiger partial charge in [0.2, 0.25) is 5.91 Å². The van der Waals surface area contributed by atoms with Crippen molar-refractivity contribution in [1.29, 1.82) is 0 Å². The molecule has 0 spiro atoms. The summed E-state index contributed by atoms with van der Waals surface area (Å²) in [5.74, 6) is 0.770. The second-order valence-electron chi connectivity index (χ2n) is 6.23. The molecule has 1 heterocycles. The molecule has 1 saturated heterocycles. The summed E-state index contributed by atoms with van der Waals surface area (Å²) in [6.45, 7) is 7.41. The summed E-state index contributed by atoms with van der Waals surface area (Å²) in [5.41, 5.74) is 12.8. The Morgan fingerprint density at radius 3 is 2.56 bits per heavy atom. The monoisotopic (exact) mass is 253 g/mol. The number of likely N-dealkylation sites (tertiary alicyclic amines) is 1. The van der Waals surface area contributed by atoms with Crippen LogP contribution >= 0.6 is 0 Å².